The van der Waals surface area contributed by atoms with Crippen molar-refractivity contribution in [3.05, 3.63) is 52.7 Å². The maximum Gasteiger partial charge on any atom is 0.252 e. The third kappa shape index (κ3) is 3.35. The Labute approximate surface area is 115 Å². The molecule has 1 heterocycles. The molecule has 1 aromatic heterocycles. The molecular weight excluding hydrogens is 264 g/mol. The van der Waals surface area contributed by atoms with Crippen LogP contribution in [0.1, 0.15) is 15.9 Å². The average molecular weight is 277 g/mol. The van der Waals surface area contributed by atoms with Crippen molar-refractivity contribution in [2.24, 2.45) is 5.73 Å². The lowest BCUT2D eigenvalue weighted by Crippen LogP contribution is -2.16. The Morgan fingerprint density at radius 2 is 2.16 bits per heavy atom. The highest BCUT2D eigenvalue weighted by molar-refractivity contribution is 6.30. The zero-order valence-electron chi connectivity index (χ0n) is 10.1. The number of primary amides is 1. The first-order valence-corrected chi connectivity index (χ1v) is 5.97. The highest BCUT2D eigenvalue weighted by atomic mass is 35.5. The molecule has 0 unspecified atom stereocenters. The second-order valence-electron chi connectivity index (χ2n) is 4.01. The third-order valence-corrected chi connectivity index (χ3v) is 2.76. The van der Waals surface area contributed by atoms with Gasteiger partial charge in [0.2, 0.25) is 0 Å². The molecule has 19 heavy (non-hydrogen) atoms. The van der Waals surface area contributed by atoms with E-state index in [4.69, 9.17) is 23.1 Å². The Hall–Kier alpha value is -2.27. The first-order valence-electron chi connectivity index (χ1n) is 5.60. The van der Waals surface area contributed by atoms with Gasteiger partial charge in [-0.1, -0.05) is 23.7 Å². The summed E-state index contributed by atoms with van der Waals surface area (Å²) < 4.78 is 0. The molecule has 1 amide bonds. The molecule has 5 nitrogen and oxygen atoms in total. The summed E-state index contributed by atoms with van der Waals surface area (Å²) in [5, 5.41) is 3.69. The van der Waals surface area contributed by atoms with Crippen LogP contribution in [0.25, 0.3) is 0 Å². The first-order chi connectivity index (χ1) is 9.06. The predicted molar refractivity (Wildman–Crippen MR) is 75.9 cm³/mol. The summed E-state index contributed by atoms with van der Waals surface area (Å²) in [6.07, 6.45) is 1.47. The van der Waals surface area contributed by atoms with Crippen LogP contribution in [0.15, 0.2) is 36.5 Å². The highest BCUT2D eigenvalue weighted by Gasteiger charge is 2.09. The molecule has 0 aliphatic carbocycles. The van der Waals surface area contributed by atoms with Crippen molar-refractivity contribution >= 4 is 29.0 Å². The summed E-state index contributed by atoms with van der Waals surface area (Å²) in [5.74, 6) is -0.171. The molecule has 98 valence electrons. The lowest BCUT2D eigenvalue weighted by Gasteiger charge is -2.09. The molecule has 0 radical (unpaired) electrons. The van der Waals surface area contributed by atoms with Crippen LogP contribution in [0.4, 0.5) is 11.5 Å². The van der Waals surface area contributed by atoms with Gasteiger partial charge in [-0.25, -0.2) is 4.98 Å². The van der Waals surface area contributed by atoms with Crippen molar-refractivity contribution in [2.45, 2.75) is 6.54 Å². The third-order valence-electron chi connectivity index (χ3n) is 2.52. The minimum atomic E-state index is -0.576. The van der Waals surface area contributed by atoms with Crippen molar-refractivity contribution in [2.75, 3.05) is 11.1 Å². The fourth-order valence-electron chi connectivity index (χ4n) is 1.64. The number of carbonyl (C=O) groups excluding carboxylic acids is 1. The molecule has 6 heteroatoms. The van der Waals surface area contributed by atoms with Crippen LogP contribution < -0.4 is 16.8 Å². The van der Waals surface area contributed by atoms with Gasteiger partial charge < -0.3 is 16.8 Å². The molecule has 0 fully saturated rings. The Morgan fingerprint density at radius 1 is 1.37 bits per heavy atom. The minimum Gasteiger partial charge on any atom is -0.397 e. The number of aromatic nitrogens is 1. The van der Waals surface area contributed by atoms with Gasteiger partial charge in [-0.15, -0.1) is 0 Å². The summed E-state index contributed by atoms with van der Waals surface area (Å²) in [6, 6.07) is 8.89. The van der Waals surface area contributed by atoms with Crippen molar-refractivity contribution in [3.8, 4) is 0 Å². The van der Waals surface area contributed by atoms with Gasteiger partial charge in [0, 0.05) is 11.6 Å². The smallest absolute Gasteiger partial charge is 0.252 e. The van der Waals surface area contributed by atoms with E-state index >= 15 is 0 Å². The van der Waals surface area contributed by atoms with E-state index in [9.17, 15) is 4.79 Å². The molecule has 0 aliphatic rings. The van der Waals surface area contributed by atoms with E-state index in [2.05, 4.69) is 10.3 Å². The van der Waals surface area contributed by atoms with E-state index in [0.717, 1.165) is 5.56 Å². The molecule has 0 aliphatic heterocycles. The molecule has 2 rings (SSSR count). The number of hydrogen-bond donors (Lipinski definition) is 3. The number of pyridine rings is 1. The summed E-state index contributed by atoms with van der Waals surface area (Å²) in [4.78, 5) is 15.4. The van der Waals surface area contributed by atoms with Gasteiger partial charge in [-0.3, -0.25) is 4.79 Å². The van der Waals surface area contributed by atoms with Gasteiger partial charge in [-0.2, -0.15) is 0 Å². The van der Waals surface area contributed by atoms with Crippen LogP contribution >= 0.6 is 11.6 Å². The van der Waals surface area contributed by atoms with Crippen molar-refractivity contribution < 1.29 is 4.79 Å². The number of hydrogen-bond acceptors (Lipinski definition) is 4. The van der Waals surface area contributed by atoms with Crippen LogP contribution in [0.3, 0.4) is 0 Å². The van der Waals surface area contributed by atoms with Crippen LogP contribution in [0.5, 0.6) is 0 Å². The topological polar surface area (TPSA) is 94.0 Å². The summed E-state index contributed by atoms with van der Waals surface area (Å²) >= 11 is 5.90. The SMILES string of the molecule is NC(=O)c1cc(N)cnc1NCc1cccc(Cl)c1. The average Bonchev–Trinajstić information content (AvgIpc) is 2.37. The van der Waals surface area contributed by atoms with E-state index in [1.54, 1.807) is 6.07 Å². The number of anilines is 2. The summed E-state index contributed by atoms with van der Waals surface area (Å²) in [5.41, 5.74) is 12.5. The Balaban J connectivity index is 2.17. The zero-order valence-corrected chi connectivity index (χ0v) is 10.8. The molecule has 0 saturated heterocycles. The lowest BCUT2D eigenvalue weighted by molar-refractivity contribution is 0.100. The largest absolute Gasteiger partial charge is 0.397 e. The van der Waals surface area contributed by atoms with E-state index in [1.165, 1.54) is 12.3 Å². The molecule has 0 saturated carbocycles. The monoisotopic (exact) mass is 276 g/mol. The van der Waals surface area contributed by atoms with Crippen LogP contribution in [-0.4, -0.2) is 10.9 Å². The highest BCUT2D eigenvalue weighted by Crippen LogP contribution is 2.17. The summed E-state index contributed by atoms with van der Waals surface area (Å²) in [7, 11) is 0. The standard InChI is InChI=1S/C13H13ClN4O/c14-9-3-1-2-8(4-9)6-17-13-11(12(16)19)5-10(15)7-18-13/h1-5,7H,6,15H2,(H2,16,19)(H,17,18). The maximum atomic E-state index is 11.3. The molecule has 0 bridgehead atoms. The Morgan fingerprint density at radius 3 is 2.84 bits per heavy atom. The van der Waals surface area contributed by atoms with Crippen LogP contribution in [0, 0.1) is 0 Å². The van der Waals surface area contributed by atoms with Gasteiger partial charge in [-0.05, 0) is 23.8 Å². The normalized spacial score (nSPS) is 10.2. The molecule has 5 N–H and O–H groups in total. The number of halogens is 1. The van der Waals surface area contributed by atoms with Gasteiger partial charge in [0.15, 0.2) is 0 Å². The maximum absolute atomic E-state index is 11.3. The Kier molecular flexibility index (Phi) is 3.87. The van der Waals surface area contributed by atoms with Crippen molar-refractivity contribution in [3.63, 3.8) is 0 Å². The van der Waals surface area contributed by atoms with Gasteiger partial charge >= 0.3 is 0 Å². The number of rotatable bonds is 4. The van der Waals surface area contributed by atoms with E-state index in [-0.39, 0.29) is 5.56 Å². The van der Waals surface area contributed by atoms with Crippen LogP contribution in [-0.2, 0) is 6.54 Å². The lowest BCUT2D eigenvalue weighted by atomic mass is 10.2. The predicted octanol–water partition coefficient (Wildman–Crippen LogP) is 2.03. The summed E-state index contributed by atoms with van der Waals surface area (Å²) in [6.45, 7) is 0.484. The van der Waals surface area contributed by atoms with Gasteiger partial charge in [0.1, 0.15) is 5.82 Å². The fourth-order valence-corrected chi connectivity index (χ4v) is 1.86. The number of nitrogens with two attached hydrogens (primary N) is 2. The van der Waals surface area contributed by atoms with Gasteiger partial charge in [0.05, 0.1) is 17.4 Å². The van der Waals surface area contributed by atoms with Gasteiger partial charge in [0.25, 0.3) is 5.91 Å². The molecule has 1 aromatic carbocycles. The minimum absolute atomic E-state index is 0.266. The molecule has 0 spiro atoms. The fraction of sp³-hybridized carbons (Fsp3) is 0.0769. The second kappa shape index (κ2) is 5.58. The number of amides is 1. The molecule has 0 atom stereocenters. The quantitative estimate of drug-likeness (QED) is 0.796. The number of carbonyl (C=O) groups is 1. The van der Waals surface area contributed by atoms with E-state index in [0.29, 0.717) is 23.1 Å². The van der Waals surface area contributed by atoms with Crippen molar-refractivity contribution in [1.29, 1.82) is 0 Å². The second-order valence-corrected chi connectivity index (χ2v) is 4.45. The molecular formula is C13H13ClN4O. The van der Waals surface area contributed by atoms with Crippen molar-refractivity contribution in [1.82, 2.24) is 4.98 Å². The number of nitrogens with one attached hydrogen (secondary N) is 1. The Bertz CT molecular complexity index is 615. The molecule has 2 aromatic rings. The zero-order chi connectivity index (χ0) is 13.8. The first kappa shape index (κ1) is 13.2. The van der Waals surface area contributed by atoms with Crippen LogP contribution in [0.2, 0.25) is 5.02 Å². The number of nitrogen functional groups attached to an aromatic ring is 1. The van der Waals surface area contributed by atoms with E-state index in [1.807, 2.05) is 18.2 Å². The number of nitrogens with zero attached hydrogens (tertiary/aromatic N) is 1. The number of benzene rings is 1. The van der Waals surface area contributed by atoms with E-state index < -0.39 is 5.91 Å².